The molecule has 0 amide bonds. The van der Waals surface area contributed by atoms with E-state index in [2.05, 4.69) is 0 Å². The second-order valence-corrected chi connectivity index (χ2v) is 0. The zero-order chi connectivity index (χ0) is 0. The Morgan fingerprint density at radius 3 is 0.429 bits per heavy atom. The fourth-order valence-electron chi connectivity index (χ4n) is 0. The summed E-state index contributed by atoms with van der Waals surface area (Å²) in [4.78, 5) is 0. The molecule has 0 rings (SSSR count). The zero-order valence-corrected chi connectivity index (χ0v) is 12.5. The standard InChI is InChI=1S/Bi.Ca.5ClH/h;;5*1H/q+3;+2;;;;;/p-5. The molecule has 0 aliphatic rings. The molecule has 0 nitrogen and oxygen atoms in total. The first-order valence-electron chi connectivity index (χ1n) is 0. The summed E-state index contributed by atoms with van der Waals surface area (Å²) in [6.45, 7) is 0. The molecule has 0 bridgehead atoms. The van der Waals surface area contributed by atoms with E-state index in [4.69, 9.17) is 0 Å². The average Bonchev–Trinajstić information content (AvgIpc) is 0. The Morgan fingerprint density at radius 2 is 0.429 bits per heavy atom. The second-order valence-electron chi connectivity index (χ2n) is 0. The van der Waals surface area contributed by atoms with Crippen LogP contribution in [-0.2, 0) is 0 Å². The predicted molar refractivity (Wildman–Crippen MR) is 11.5 cm³/mol. The van der Waals surface area contributed by atoms with Gasteiger partial charge in [-0.3, -0.25) is 0 Å². The van der Waals surface area contributed by atoms with E-state index in [1.54, 1.807) is 0 Å². The van der Waals surface area contributed by atoms with Gasteiger partial charge >= 0.3 is 63.9 Å². The molecule has 0 N–H and O–H groups in total. The van der Waals surface area contributed by atoms with Crippen LogP contribution in [0.5, 0.6) is 0 Å². The van der Waals surface area contributed by atoms with Crippen molar-refractivity contribution in [3.05, 3.63) is 0 Å². The summed E-state index contributed by atoms with van der Waals surface area (Å²) >= 11 is 0. The fourth-order valence-corrected chi connectivity index (χ4v) is 0. The van der Waals surface area contributed by atoms with Crippen molar-refractivity contribution in [1.82, 2.24) is 0 Å². The van der Waals surface area contributed by atoms with Crippen LogP contribution in [0.3, 0.4) is 0 Å². The molecule has 0 unspecified atom stereocenters. The maximum absolute atomic E-state index is 0. The van der Waals surface area contributed by atoms with Gasteiger partial charge in [0.1, 0.15) is 0 Å². The second kappa shape index (κ2) is 54.9. The van der Waals surface area contributed by atoms with Gasteiger partial charge in [0.15, 0.2) is 0 Å². The Labute approximate surface area is 123 Å². The average molecular weight is 426 g/mol. The van der Waals surface area contributed by atoms with Crippen molar-refractivity contribution < 1.29 is 62.0 Å². The van der Waals surface area contributed by atoms with Crippen LogP contribution in [0.25, 0.3) is 0 Å². The molecule has 7 heteroatoms. The fraction of sp³-hybridized carbons (Fsp3) is 0. The van der Waals surface area contributed by atoms with E-state index in [-0.39, 0.29) is 126 Å². The van der Waals surface area contributed by atoms with Gasteiger partial charge in [0.25, 0.3) is 0 Å². The number of hydrogen-bond donors (Lipinski definition) is 0. The van der Waals surface area contributed by atoms with Crippen LogP contribution >= 0.6 is 0 Å². The molecule has 0 aliphatic heterocycles. The Morgan fingerprint density at radius 1 is 0.429 bits per heavy atom. The normalized spacial score (nSPS) is 0. The van der Waals surface area contributed by atoms with Crippen LogP contribution in [0.4, 0.5) is 0 Å². The first kappa shape index (κ1) is 75.5. The van der Waals surface area contributed by atoms with Gasteiger partial charge in [0.05, 0.1) is 0 Å². The third kappa shape index (κ3) is 42.8. The van der Waals surface area contributed by atoms with Crippen LogP contribution in [0.15, 0.2) is 0 Å². The van der Waals surface area contributed by atoms with Crippen LogP contribution < -0.4 is 62.0 Å². The summed E-state index contributed by atoms with van der Waals surface area (Å²) in [7, 11) is 0. The zero-order valence-electron chi connectivity index (χ0n) is 3.04. The van der Waals surface area contributed by atoms with E-state index in [1.807, 2.05) is 0 Å². The molecule has 0 fully saturated rings. The summed E-state index contributed by atoms with van der Waals surface area (Å²) in [6.07, 6.45) is 0. The van der Waals surface area contributed by atoms with Gasteiger partial charge in [-0.15, -0.1) is 0 Å². The smallest absolute Gasteiger partial charge is 1.00 e. The number of halogens is 5. The van der Waals surface area contributed by atoms with Crippen molar-refractivity contribution in [3.8, 4) is 0 Å². The Hall–Kier alpha value is 3.59. The van der Waals surface area contributed by atoms with Crippen molar-refractivity contribution in [2.24, 2.45) is 0 Å². The number of hydrogen-bond acceptors (Lipinski definition) is 0. The quantitative estimate of drug-likeness (QED) is 0.338. The molecule has 7 heavy (non-hydrogen) atoms. The minimum atomic E-state index is 0. The molecule has 42 valence electrons. The molecule has 0 saturated heterocycles. The van der Waals surface area contributed by atoms with Crippen molar-refractivity contribution in [1.29, 1.82) is 0 Å². The maximum Gasteiger partial charge on any atom is 3.00 e. The van der Waals surface area contributed by atoms with Crippen LogP contribution in [0.2, 0.25) is 0 Å². The van der Waals surface area contributed by atoms with Crippen molar-refractivity contribution in [3.63, 3.8) is 0 Å². The van der Waals surface area contributed by atoms with E-state index in [1.165, 1.54) is 0 Å². The van der Waals surface area contributed by atoms with E-state index in [9.17, 15) is 0 Å². The van der Waals surface area contributed by atoms with E-state index >= 15 is 0 Å². The third-order valence-electron chi connectivity index (χ3n) is 0. The molecule has 0 spiro atoms. The largest absolute Gasteiger partial charge is 3.00 e. The van der Waals surface area contributed by atoms with Crippen LogP contribution in [0.1, 0.15) is 0 Å². The van der Waals surface area contributed by atoms with Gasteiger partial charge in [0, 0.05) is 0 Å². The molecule has 0 heterocycles. The molecular weight excluding hydrogens is 426 g/mol. The summed E-state index contributed by atoms with van der Waals surface area (Å²) in [6, 6.07) is 0. The van der Waals surface area contributed by atoms with Gasteiger partial charge in [-0.25, -0.2) is 0 Å². The minimum absolute atomic E-state index is 0. The Bertz CT molecular complexity index is 8.04. The third-order valence-corrected chi connectivity index (χ3v) is 0. The van der Waals surface area contributed by atoms with E-state index in [0.29, 0.717) is 0 Å². The Balaban J connectivity index is 0. The number of rotatable bonds is 0. The topological polar surface area (TPSA) is 0 Å². The molecule has 0 atom stereocenters. The first-order chi connectivity index (χ1) is 0. The summed E-state index contributed by atoms with van der Waals surface area (Å²) in [5.41, 5.74) is 0. The predicted octanol–water partition coefficient (Wildman–Crippen LogP) is -15.7. The van der Waals surface area contributed by atoms with Crippen molar-refractivity contribution in [2.45, 2.75) is 0 Å². The monoisotopic (exact) mass is 424 g/mol. The van der Waals surface area contributed by atoms with Gasteiger partial charge in [-0.05, 0) is 0 Å². The molecule has 0 aromatic rings. The van der Waals surface area contributed by atoms with Gasteiger partial charge in [-0.1, -0.05) is 0 Å². The van der Waals surface area contributed by atoms with E-state index in [0.717, 1.165) is 0 Å². The Kier molecular flexibility index (Phi) is 592. The molecule has 0 saturated carbocycles. The molecule has 0 aromatic heterocycles. The van der Waals surface area contributed by atoms with Crippen LogP contribution in [-0.4, -0.2) is 63.9 Å². The van der Waals surface area contributed by atoms with Gasteiger partial charge in [0.2, 0.25) is 0 Å². The summed E-state index contributed by atoms with van der Waals surface area (Å²) in [5, 5.41) is 0. The summed E-state index contributed by atoms with van der Waals surface area (Å²) < 4.78 is 0. The van der Waals surface area contributed by atoms with E-state index < -0.39 is 0 Å². The van der Waals surface area contributed by atoms with Gasteiger partial charge in [-0.2, -0.15) is 0 Å². The van der Waals surface area contributed by atoms with Crippen molar-refractivity contribution >= 4 is 63.9 Å². The van der Waals surface area contributed by atoms with Crippen molar-refractivity contribution in [2.75, 3.05) is 0 Å². The molecule has 2 radical (unpaired) electrons. The molecule has 0 aromatic carbocycles. The minimum Gasteiger partial charge on any atom is -1.00 e. The SMILES string of the molecule is [Bi+3].[Ca+2].[Cl-].[Cl-].[Cl-].[Cl-].[Cl-]. The maximum atomic E-state index is 0. The van der Waals surface area contributed by atoms with Gasteiger partial charge < -0.3 is 62.0 Å². The molecule has 0 aliphatic carbocycles. The first-order valence-corrected chi connectivity index (χ1v) is 0. The molecular formula is BiCaCl5. The summed E-state index contributed by atoms with van der Waals surface area (Å²) in [5.74, 6) is 0. The van der Waals surface area contributed by atoms with Crippen LogP contribution in [0, 0.1) is 0 Å².